The lowest BCUT2D eigenvalue weighted by Crippen LogP contribution is -2.45. The molecule has 3 rings (SSSR count). The van der Waals surface area contributed by atoms with Crippen molar-refractivity contribution in [3.8, 4) is 0 Å². The molecule has 0 bridgehead atoms. The first-order valence-electron chi connectivity index (χ1n) is 8.71. The van der Waals surface area contributed by atoms with Crippen LogP contribution in [-0.4, -0.2) is 29.9 Å². The van der Waals surface area contributed by atoms with Crippen molar-refractivity contribution in [2.75, 3.05) is 23.7 Å². The molecule has 2 N–H and O–H groups in total. The predicted octanol–water partition coefficient (Wildman–Crippen LogP) is 4.53. The van der Waals surface area contributed by atoms with Crippen molar-refractivity contribution in [2.45, 2.75) is 19.8 Å². The van der Waals surface area contributed by atoms with Gasteiger partial charge in [0.1, 0.15) is 0 Å². The summed E-state index contributed by atoms with van der Waals surface area (Å²) in [4.78, 5) is 26.7. The minimum absolute atomic E-state index is 0.104. The number of aryl methyl sites for hydroxylation is 1. The van der Waals surface area contributed by atoms with E-state index in [9.17, 15) is 9.59 Å². The van der Waals surface area contributed by atoms with Gasteiger partial charge in [-0.1, -0.05) is 35.9 Å². The number of rotatable bonds is 3. The van der Waals surface area contributed by atoms with E-state index >= 15 is 0 Å². The average molecular weight is 372 g/mol. The van der Waals surface area contributed by atoms with Crippen LogP contribution in [0.1, 0.15) is 18.4 Å². The Hall–Kier alpha value is -2.53. The van der Waals surface area contributed by atoms with E-state index in [0.29, 0.717) is 23.8 Å². The van der Waals surface area contributed by atoms with E-state index in [2.05, 4.69) is 10.6 Å². The highest BCUT2D eigenvalue weighted by molar-refractivity contribution is 6.33. The lowest BCUT2D eigenvalue weighted by atomic mass is 9.97. The molecular formula is C20H22ClN3O2. The highest BCUT2D eigenvalue weighted by Gasteiger charge is 2.28. The van der Waals surface area contributed by atoms with Crippen LogP contribution in [0.2, 0.25) is 5.02 Å². The molecular weight excluding hydrogens is 350 g/mol. The Labute approximate surface area is 158 Å². The largest absolute Gasteiger partial charge is 0.324 e. The van der Waals surface area contributed by atoms with Crippen LogP contribution in [0.5, 0.6) is 0 Å². The number of hydrogen-bond donors (Lipinski definition) is 2. The van der Waals surface area contributed by atoms with Crippen LogP contribution in [0.4, 0.5) is 16.2 Å². The fourth-order valence-electron chi connectivity index (χ4n) is 3.06. The molecule has 1 aliphatic heterocycles. The summed E-state index contributed by atoms with van der Waals surface area (Å²) in [5.74, 6) is -0.351. The smallest absolute Gasteiger partial charge is 0.321 e. The molecule has 2 aromatic carbocycles. The maximum absolute atomic E-state index is 12.6. The summed E-state index contributed by atoms with van der Waals surface area (Å²) < 4.78 is 0. The summed E-state index contributed by atoms with van der Waals surface area (Å²) in [7, 11) is 0. The van der Waals surface area contributed by atoms with Gasteiger partial charge in [0.2, 0.25) is 5.91 Å². The fourth-order valence-corrected chi connectivity index (χ4v) is 3.34. The van der Waals surface area contributed by atoms with Crippen molar-refractivity contribution in [3.05, 3.63) is 59.1 Å². The van der Waals surface area contributed by atoms with Gasteiger partial charge in [-0.3, -0.25) is 4.79 Å². The van der Waals surface area contributed by atoms with Crippen LogP contribution < -0.4 is 10.6 Å². The number of para-hydroxylation sites is 1. The normalized spacial score (nSPS) is 16.8. The molecule has 0 aromatic heterocycles. The van der Waals surface area contributed by atoms with Gasteiger partial charge < -0.3 is 15.5 Å². The van der Waals surface area contributed by atoms with E-state index in [0.717, 1.165) is 24.1 Å². The second-order valence-electron chi connectivity index (χ2n) is 6.55. The van der Waals surface area contributed by atoms with Crippen molar-refractivity contribution in [1.82, 2.24) is 4.90 Å². The van der Waals surface area contributed by atoms with E-state index < -0.39 is 0 Å². The SMILES string of the molecule is Cc1ccc(NC(=O)C2CCCN(C(=O)Nc3ccccc3)C2)c(Cl)c1. The molecule has 1 heterocycles. The summed E-state index contributed by atoms with van der Waals surface area (Å²) in [6.07, 6.45) is 1.55. The van der Waals surface area contributed by atoms with Gasteiger partial charge in [0.25, 0.3) is 0 Å². The number of carbonyl (C=O) groups excluding carboxylic acids is 2. The summed E-state index contributed by atoms with van der Waals surface area (Å²) in [5, 5.41) is 6.28. The van der Waals surface area contributed by atoms with Crippen LogP contribution in [0.15, 0.2) is 48.5 Å². The number of benzene rings is 2. The number of urea groups is 1. The van der Waals surface area contributed by atoms with Gasteiger partial charge in [-0.25, -0.2) is 4.79 Å². The number of likely N-dealkylation sites (tertiary alicyclic amines) is 1. The molecule has 136 valence electrons. The summed E-state index contributed by atoms with van der Waals surface area (Å²) in [6, 6.07) is 14.7. The lowest BCUT2D eigenvalue weighted by Gasteiger charge is -2.32. The topological polar surface area (TPSA) is 61.4 Å². The van der Waals surface area contributed by atoms with Gasteiger partial charge in [-0.15, -0.1) is 0 Å². The first-order valence-corrected chi connectivity index (χ1v) is 9.09. The number of carbonyl (C=O) groups is 2. The Kier molecular flexibility index (Phi) is 5.78. The number of piperidine rings is 1. The van der Waals surface area contributed by atoms with Gasteiger partial charge in [0.05, 0.1) is 16.6 Å². The van der Waals surface area contributed by atoms with Gasteiger partial charge >= 0.3 is 6.03 Å². The molecule has 0 aliphatic carbocycles. The zero-order valence-corrected chi connectivity index (χ0v) is 15.4. The number of amides is 3. The van der Waals surface area contributed by atoms with Gasteiger partial charge in [0, 0.05) is 18.8 Å². The third kappa shape index (κ3) is 4.55. The summed E-state index contributed by atoms with van der Waals surface area (Å²) >= 11 is 6.19. The zero-order valence-electron chi connectivity index (χ0n) is 14.7. The lowest BCUT2D eigenvalue weighted by molar-refractivity contribution is -0.121. The Bertz CT molecular complexity index is 795. The fraction of sp³-hybridized carbons (Fsp3) is 0.300. The molecule has 26 heavy (non-hydrogen) atoms. The molecule has 1 atom stereocenters. The van der Waals surface area contributed by atoms with Crippen LogP contribution in [0, 0.1) is 12.8 Å². The maximum Gasteiger partial charge on any atom is 0.321 e. The molecule has 5 nitrogen and oxygen atoms in total. The number of hydrogen-bond acceptors (Lipinski definition) is 2. The molecule has 1 aliphatic rings. The molecule has 1 unspecified atom stereocenters. The van der Waals surface area contributed by atoms with Gasteiger partial charge in [0.15, 0.2) is 0 Å². The van der Waals surface area contributed by atoms with E-state index in [1.165, 1.54) is 0 Å². The Morgan fingerprint density at radius 2 is 1.88 bits per heavy atom. The van der Waals surface area contributed by atoms with E-state index in [1.807, 2.05) is 49.4 Å². The molecule has 0 radical (unpaired) electrons. The predicted molar refractivity (Wildman–Crippen MR) is 105 cm³/mol. The summed E-state index contributed by atoms with van der Waals surface area (Å²) in [6.45, 7) is 2.99. The quantitative estimate of drug-likeness (QED) is 0.832. The van der Waals surface area contributed by atoms with Crippen molar-refractivity contribution in [2.24, 2.45) is 5.92 Å². The van der Waals surface area contributed by atoms with Crippen molar-refractivity contribution < 1.29 is 9.59 Å². The van der Waals surface area contributed by atoms with Crippen LogP contribution >= 0.6 is 11.6 Å². The van der Waals surface area contributed by atoms with E-state index in [4.69, 9.17) is 11.6 Å². The average Bonchev–Trinajstić information content (AvgIpc) is 2.65. The molecule has 6 heteroatoms. The standard InChI is InChI=1S/C20H22ClN3O2/c1-14-9-10-18(17(21)12-14)23-19(25)15-6-5-11-24(13-15)20(26)22-16-7-3-2-4-8-16/h2-4,7-10,12,15H,5-6,11,13H2,1H3,(H,22,26)(H,23,25). The number of halogens is 1. The second-order valence-corrected chi connectivity index (χ2v) is 6.96. The zero-order chi connectivity index (χ0) is 18.5. The number of anilines is 2. The van der Waals surface area contributed by atoms with E-state index in [1.54, 1.807) is 11.0 Å². The molecule has 2 aromatic rings. The van der Waals surface area contributed by atoms with Crippen LogP contribution in [-0.2, 0) is 4.79 Å². The first-order chi connectivity index (χ1) is 12.5. The van der Waals surface area contributed by atoms with Crippen molar-refractivity contribution in [1.29, 1.82) is 0 Å². The van der Waals surface area contributed by atoms with Gasteiger partial charge in [-0.2, -0.15) is 0 Å². The summed E-state index contributed by atoms with van der Waals surface area (Å²) in [5.41, 5.74) is 2.39. The Morgan fingerprint density at radius 3 is 2.62 bits per heavy atom. The number of nitrogens with zero attached hydrogens (tertiary/aromatic N) is 1. The van der Waals surface area contributed by atoms with E-state index in [-0.39, 0.29) is 17.9 Å². The van der Waals surface area contributed by atoms with Crippen LogP contribution in [0.25, 0.3) is 0 Å². The maximum atomic E-state index is 12.6. The minimum Gasteiger partial charge on any atom is -0.324 e. The van der Waals surface area contributed by atoms with Crippen LogP contribution in [0.3, 0.4) is 0 Å². The third-order valence-corrected chi connectivity index (χ3v) is 4.80. The highest BCUT2D eigenvalue weighted by Crippen LogP contribution is 2.25. The first kappa shape index (κ1) is 18.3. The van der Waals surface area contributed by atoms with Gasteiger partial charge in [-0.05, 0) is 49.6 Å². The molecule has 0 saturated carbocycles. The van der Waals surface area contributed by atoms with Crippen molar-refractivity contribution in [3.63, 3.8) is 0 Å². The number of nitrogens with one attached hydrogen (secondary N) is 2. The monoisotopic (exact) mass is 371 g/mol. The highest BCUT2D eigenvalue weighted by atomic mass is 35.5. The molecule has 0 spiro atoms. The minimum atomic E-state index is -0.248. The third-order valence-electron chi connectivity index (χ3n) is 4.49. The molecule has 3 amide bonds. The Morgan fingerprint density at radius 1 is 1.12 bits per heavy atom. The molecule has 1 saturated heterocycles. The molecule has 1 fully saturated rings. The second kappa shape index (κ2) is 8.23. The Balaban J connectivity index is 1.60. The van der Waals surface area contributed by atoms with Crippen molar-refractivity contribution >= 4 is 34.9 Å².